The summed E-state index contributed by atoms with van der Waals surface area (Å²) < 4.78 is 3.41. The monoisotopic (exact) mass is 645 g/mol. The Kier molecular flexibility index (Phi) is 7.68. The van der Waals surface area contributed by atoms with Crippen molar-refractivity contribution in [3.05, 3.63) is 155 Å². The van der Waals surface area contributed by atoms with Crippen molar-refractivity contribution >= 4 is 39.4 Å². The van der Waals surface area contributed by atoms with E-state index >= 15 is 0 Å². The minimum atomic E-state index is -0.982. The van der Waals surface area contributed by atoms with Crippen molar-refractivity contribution in [2.75, 3.05) is 0 Å². The zero-order valence-corrected chi connectivity index (χ0v) is 26.5. The fourth-order valence-corrected chi connectivity index (χ4v) is 11.1. The molecule has 0 fully saturated rings. The Morgan fingerprint density at radius 3 is 2.37 bits per heavy atom. The summed E-state index contributed by atoms with van der Waals surface area (Å²) in [6.07, 6.45) is 9.56. The van der Waals surface area contributed by atoms with Crippen LogP contribution < -0.4 is 24.8 Å². The second-order valence-corrected chi connectivity index (χ2v) is 14.5. The molecule has 0 aliphatic heterocycles. The maximum atomic E-state index is 2.50. The molecule has 4 heteroatoms. The maximum Gasteiger partial charge on any atom is -1.00 e. The Morgan fingerprint density at radius 2 is 1.46 bits per heavy atom. The van der Waals surface area contributed by atoms with Gasteiger partial charge in [0.05, 0.1) is 0 Å². The Morgan fingerprint density at radius 1 is 0.683 bits per heavy atom. The number of aromatic nitrogens is 1. The van der Waals surface area contributed by atoms with Crippen LogP contribution in [0.5, 0.6) is 0 Å². The number of hydrogen-bond acceptors (Lipinski definition) is 0. The first-order valence-electron chi connectivity index (χ1n) is 13.7. The zero-order chi connectivity index (χ0) is 25.9. The van der Waals surface area contributed by atoms with Gasteiger partial charge in [-0.3, -0.25) is 0 Å². The van der Waals surface area contributed by atoms with E-state index in [0.29, 0.717) is 7.25 Å². The van der Waals surface area contributed by atoms with Gasteiger partial charge in [-0.25, -0.2) is 0 Å². The first-order valence-corrected chi connectivity index (χ1v) is 16.5. The molecule has 1 nitrogen and oxygen atoms in total. The number of aryl methyl sites for hydroxylation is 1. The van der Waals surface area contributed by atoms with E-state index in [1.54, 1.807) is 0 Å². The van der Waals surface area contributed by atoms with Gasteiger partial charge in [-0.1, -0.05) is 0 Å². The maximum absolute atomic E-state index is 2.50. The van der Waals surface area contributed by atoms with Crippen LogP contribution in [0.4, 0.5) is 0 Å². The van der Waals surface area contributed by atoms with Crippen molar-refractivity contribution in [1.29, 1.82) is 0 Å². The minimum Gasteiger partial charge on any atom is -1.00 e. The average Bonchev–Trinajstić information content (AvgIpc) is 3.69. The summed E-state index contributed by atoms with van der Waals surface area (Å²) in [4.78, 5) is 0. The predicted molar refractivity (Wildman–Crippen MR) is 161 cm³/mol. The smallest absolute Gasteiger partial charge is 1.00 e. The first kappa shape index (κ1) is 28.0. The molecule has 0 N–H and O–H groups in total. The molecule has 0 amide bonds. The van der Waals surface area contributed by atoms with E-state index in [1.807, 2.05) is 0 Å². The van der Waals surface area contributed by atoms with Crippen LogP contribution in [0.25, 0.3) is 45.1 Å². The van der Waals surface area contributed by atoms with Gasteiger partial charge in [0, 0.05) is 0 Å². The van der Waals surface area contributed by atoms with E-state index in [0.717, 1.165) is 0 Å². The molecule has 1 aromatic heterocycles. The van der Waals surface area contributed by atoms with Gasteiger partial charge in [-0.15, -0.1) is 0 Å². The van der Waals surface area contributed by atoms with E-state index in [2.05, 4.69) is 145 Å². The topological polar surface area (TPSA) is 4.93 Å². The van der Waals surface area contributed by atoms with Gasteiger partial charge in [0.15, 0.2) is 0 Å². The fraction of sp³-hybridized carbons (Fsp3) is 0.0811. The number of nitrogens with zero attached hydrogens (tertiary/aromatic N) is 1. The zero-order valence-electron chi connectivity index (χ0n) is 22.6. The summed E-state index contributed by atoms with van der Waals surface area (Å²) in [5, 5.41) is 4.02. The van der Waals surface area contributed by atoms with E-state index < -0.39 is 23.2 Å². The number of halogens is 2. The number of fused-ring (bicyclic) bond motifs is 4. The van der Waals surface area contributed by atoms with Crippen LogP contribution in [-0.2, 0) is 23.2 Å². The number of hydrogen-bond donors (Lipinski definition) is 0. The van der Waals surface area contributed by atoms with Crippen LogP contribution in [0.3, 0.4) is 0 Å². The summed E-state index contributed by atoms with van der Waals surface area (Å²) in [7, 11) is 0. The Labute approximate surface area is 265 Å². The normalized spacial score (nSPS) is 16.5. The predicted octanol–water partition coefficient (Wildman–Crippen LogP) is 3.55. The van der Waals surface area contributed by atoms with Gasteiger partial charge in [-0.05, 0) is 0 Å². The van der Waals surface area contributed by atoms with Gasteiger partial charge in [0.25, 0.3) is 0 Å². The van der Waals surface area contributed by atoms with Crippen molar-refractivity contribution < 1.29 is 48.0 Å². The van der Waals surface area contributed by atoms with Gasteiger partial charge < -0.3 is 24.8 Å². The van der Waals surface area contributed by atoms with E-state index in [-0.39, 0.29) is 24.8 Å². The van der Waals surface area contributed by atoms with Gasteiger partial charge in [0.1, 0.15) is 0 Å². The molecule has 2 aliphatic rings. The van der Waals surface area contributed by atoms with E-state index in [4.69, 9.17) is 0 Å². The standard InChI is InChI=1S/C28H20N.C9H7.2ClH.Zr/c1-19-10-13-26(27-8-4-3-7-25(19)27)23-16-21-11-12-24(18-22(21)17-23)29-15-14-20-6-2-5-9-28(20)29;1-2-5-9-7-3-6-8(9)4-1;;;/h2-18H,1H3;1-7H;2*1H;/q;;;;+2/p-2. The molecule has 2 aliphatic carbocycles. The van der Waals surface area contributed by atoms with Crippen molar-refractivity contribution in [3.63, 3.8) is 0 Å². The molecular formula is C37H27Cl2NZr. The molecular weight excluding hydrogens is 621 g/mol. The molecule has 0 spiro atoms. The summed E-state index contributed by atoms with van der Waals surface area (Å²) in [6, 6.07) is 40.7. The molecule has 5 aromatic carbocycles. The number of para-hydroxylation sites is 1. The SMILES string of the molecule is Cc1ccc(C2=Cc3ccc(-n4ccc5ccccc54)cc3[CH]2[Zr+2][CH]2C=Cc3ccccc32)c2ccccc12.[Cl-].[Cl-]. The molecule has 0 saturated heterocycles. The second-order valence-electron chi connectivity index (χ2n) is 10.7. The molecule has 2 atom stereocenters. The number of benzene rings is 5. The van der Waals surface area contributed by atoms with E-state index in [9.17, 15) is 0 Å². The summed E-state index contributed by atoms with van der Waals surface area (Å²) in [6.45, 7) is 2.23. The van der Waals surface area contributed by atoms with Gasteiger partial charge in [0.2, 0.25) is 0 Å². The fourth-order valence-electron chi connectivity index (χ4n) is 6.51. The second kappa shape index (κ2) is 11.3. The van der Waals surface area contributed by atoms with Crippen molar-refractivity contribution in [2.45, 2.75) is 14.2 Å². The summed E-state index contributed by atoms with van der Waals surface area (Å²) >= 11 is -0.982. The van der Waals surface area contributed by atoms with Crippen LogP contribution in [0.2, 0.25) is 0 Å². The average molecular weight is 648 g/mol. The molecule has 2 unspecified atom stereocenters. The molecule has 0 saturated carbocycles. The summed E-state index contributed by atoms with van der Waals surface area (Å²) in [5.41, 5.74) is 12.6. The van der Waals surface area contributed by atoms with Crippen LogP contribution in [0, 0.1) is 6.92 Å². The third kappa shape index (κ3) is 4.67. The molecule has 8 rings (SSSR count). The van der Waals surface area contributed by atoms with Crippen LogP contribution in [0.1, 0.15) is 40.6 Å². The third-order valence-corrected chi connectivity index (χ3v) is 12.9. The quantitative estimate of drug-likeness (QED) is 0.276. The van der Waals surface area contributed by atoms with Crippen LogP contribution in [0.15, 0.2) is 121 Å². The van der Waals surface area contributed by atoms with Gasteiger partial charge >= 0.3 is 242 Å². The molecule has 198 valence electrons. The number of rotatable bonds is 4. The minimum absolute atomic E-state index is 0. The first-order chi connectivity index (χ1) is 19.2. The Hall–Kier alpha value is -3.16. The van der Waals surface area contributed by atoms with Crippen molar-refractivity contribution in [1.82, 2.24) is 4.57 Å². The largest absolute Gasteiger partial charge is 1.00 e. The van der Waals surface area contributed by atoms with Crippen molar-refractivity contribution in [3.8, 4) is 5.69 Å². The number of allylic oxidation sites excluding steroid dienone is 2. The molecule has 41 heavy (non-hydrogen) atoms. The third-order valence-electron chi connectivity index (χ3n) is 8.48. The summed E-state index contributed by atoms with van der Waals surface area (Å²) in [5.74, 6) is 0. The van der Waals surface area contributed by atoms with Crippen LogP contribution in [-0.4, -0.2) is 4.57 Å². The molecule has 6 aromatic rings. The van der Waals surface area contributed by atoms with E-state index in [1.165, 1.54) is 66.3 Å². The molecule has 1 heterocycles. The van der Waals surface area contributed by atoms with Crippen molar-refractivity contribution in [2.24, 2.45) is 0 Å². The molecule has 0 bridgehead atoms. The molecule has 0 radical (unpaired) electrons. The Balaban J connectivity index is 0.00000151. The Bertz CT molecular complexity index is 1980. The van der Waals surface area contributed by atoms with Gasteiger partial charge in [-0.2, -0.15) is 0 Å². The van der Waals surface area contributed by atoms with Crippen LogP contribution >= 0.6 is 0 Å².